The molecule has 0 aliphatic carbocycles. The molecule has 0 aromatic carbocycles. The van der Waals surface area contributed by atoms with Crippen LogP contribution < -0.4 is 17.2 Å². The molecule has 0 aliphatic heterocycles. The third kappa shape index (κ3) is 13.9. The van der Waals surface area contributed by atoms with Crippen LogP contribution >= 0.6 is 0 Å². The van der Waals surface area contributed by atoms with Gasteiger partial charge in [0.1, 0.15) is 0 Å². The van der Waals surface area contributed by atoms with E-state index in [0.717, 1.165) is 6.55 Å². The van der Waals surface area contributed by atoms with E-state index in [1.165, 1.54) is 13.1 Å². The molecule has 0 saturated heterocycles. The molecular formula is C12H39N3O10Si5. The molecule has 13 nitrogen and oxygen atoms in total. The first kappa shape index (κ1) is 30.6. The molecule has 0 heterocycles. The van der Waals surface area contributed by atoms with Crippen molar-refractivity contribution in [1.82, 2.24) is 0 Å². The Hall–Kier alpha value is 0.564. The molecule has 12 N–H and O–H groups in total. The van der Waals surface area contributed by atoms with E-state index in [2.05, 4.69) is 0 Å². The van der Waals surface area contributed by atoms with Crippen LogP contribution in [0, 0.1) is 0 Å². The van der Waals surface area contributed by atoms with Crippen molar-refractivity contribution < 1.29 is 45.2 Å². The van der Waals surface area contributed by atoms with E-state index in [1.807, 2.05) is 0 Å². The molecule has 0 aliphatic rings. The quantitative estimate of drug-likeness (QED) is 0.0869. The van der Waals surface area contributed by atoms with Gasteiger partial charge in [-0.05, 0) is 52.0 Å². The maximum absolute atomic E-state index is 11.0. The van der Waals surface area contributed by atoms with E-state index in [9.17, 15) is 28.8 Å². The largest absolute Gasteiger partial charge is 0.488 e. The number of hydrogen-bond acceptors (Lipinski definition) is 13. The molecule has 3 atom stereocenters. The molecular weight excluding hydrogens is 487 g/mol. The fraction of sp³-hybridized carbons (Fsp3) is 1.00. The summed E-state index contributed by atoms with van der Waals surface area (Å²) in [7, 11) is -20.4. The van der Waals surface area contributed by atoms with E-state index >= 15 is 0 Å². The average molecular weight is 526 g/mol. The van der Waals surface area contributed by atoms with Crippen LogP contribution in [-0.4, -0.2) is 92.2 Å². The summed E-state index contributed by atoms with van der Waals surface area (Å²) in [6, 6.07) is -0.372. The minimum absolute atomic E-state index is 0.0540. The third-order valence-corrected chi connectivity index (χ3v) is 17.9. The van der Waals surface area contributed by atoms with Gasteiger partial charge in [-0.1, -0.05) is 0 Å². The first-order valence-electron chi connectivity index (χ1n) is 9.76. The molecule has 0 spiro atoms. The summed E-state index contributed by atoms with van der Waals surface area (Å²) in [4.78, 5) is 62.7. The van der Waals surface area contributed by atoms with Crippen molar-refractivity contribution in [1.29, 1.82) is 0 Å². The molecule has 0 radical (unpaired) electrons. The van der Waals surface area contributed by atoms with E-state index in [-0.39, 0.29) is 50.6 Å². The highest BCUT2D eigenvalue weighted by Gasteiger charge is 2.56. The second-order valence-corrected chi connectivity index (χ2v) is 21.4. The van der Waals surface area contributed by atoms with Gasteiger partial charge in [0.05, 0.1) is 0 Å². The molecule has 0 amide bonds. The molecule has 0 bridgehead atoms. The molecule has 0 fully saturated rings. The molecule has 0 aromatic rings. The lowest BCUT2D eigenvalue weighted by atomic mass is 10.5. The Labute approximate surface area is 183 Å². The lowest BCUT2D eigenvalue weighted by Crippen LogP contribution is -2.64. The highest BCUT2D eigenvalue weighted by molar-refractivity contribution is 6.84. The molecule has 18 heteroatoms. The zero-order chi connectivity index (χ0) is 23.7. The zero-order valence-corrected chi connectivity index (χ0v) is 22.9. The summed E-state index contributed by atoms with van der Waals surface area (Å²) in [6.07, 6.45) is 0.772. The van der Waals surface area contributed by atoms with Gasteiger partial charge in [-0.25, -0.2) is 0 Å². The van der Waals surface area contributed by atoms with Crippen molar-refractivity contribution in [3.8, 4) is 0 Å². The van der Waals surface area contributed by atoms with Gasteiger partial charge < -0.3 is 62.4 Å². The Morgan fingerprint density at radius 1 is 0.567 bits per heavy atom. The lowest BCUT2D eigenvalue weighted by molar-refractivity contribution is 0.109. The van der Waals surface area contributed by atoms with Crippen LogP contribution in [0.3, 0.4) is 0 Å². The SMILES string of the molecule is C[Si](C)(O)O[Si](O)(CCCN)O[Si](O)(CCCN)O[Si](C)(O)O[Si](O)(O)CCCN. The average Bonchev–Trinajstić information content (AvgIpc) is 2.53. The smallest absolute Gasteiger partial charge is 0.411 e. The van der Waals surface area contributed by atoms with Crippen molar-refractivity contribution in [2.45, 2.75) is 57.0 Å². The number of rotatable bonds is 17. The summed E-state index contributed by atoms with van der Waals surface area (Å²) < 4.78 is 21.5. The Kier molecular flexibility index (Phi) is 12.9. The van der Waals surface area contributed by atoms with E-state index < -0.39 is 43.8 Å². The summed E-state index contributed by atoms with van der Waals surface area (Å²) in [6.45, 7) is 4.49. The molecule has 30 heavy (non-hydrogen) atoms. The molecule has 0 saturated carbocycles. The molecule has 3 unspecified atom stereocenters. The van der Waals surface area contributed by atoms with Crippen LogP contribution in [0.25, 0.3) is 0 Å². The van der Waals surface area contributed by atoms with Crippen LogP contribution in [0.2, 0.25) is 37.8 Å². The third-order valence-electron chi connectivity index (χ3n) is 3.53. The normalized spacial score (nSPS) is 19.2. The fourth-order valence-corrected chi connectivity index (χ4v) is 18.1. The Bertz CT molecular complexity index is 504. The van der Waals surface area contributed by atoms with Crippen LogP contribution in [0.15, 0.2) is 0 Å². The lowest BCUT2D eigenvalue weighted by Gasteiger charge is -2.38. The van der Waals surface area contributed by atoms with Gasteiger partial charge in [0.15, 0.2) is 0 Å². The van der Waals surface area contributed by atoms with Crippen LogP contribution in [0.4, 0.5) is 0 Å². The fourth-order valence-electron chi connectivity index (χ4n) is 2.54. The van der Waals surface area contributed by atoms with Crippen molar-refractivity contribution in [3.05, 3.63) is 0 Å². The summed E-state index contributed by atoms with van der Waals surface area (Å²) in [5, 5.41) is 0. The highest BCUT2D eigenvalue weighted by atomic mass is 28.5. The van der Waals surface area contributed by atoms with E-state index in [0.29, 0.717) is 6.42 Å². The zero-order valence-electron chi connectivity index (χ0n) is 17.9. The van der Waals surface area contributed by atoms with Crippen LogP contribution in [0.1, 0.15) is 19.3 Å². The van der Waals surface area contributed by atoms with Crippen molar-refractivity contribution >= 4 is 43.8 Å². The van der Waals surface area contributed by atoms with E-state index in [1.54, 1.807) is 0 Å². The Morgan fingerprint density at radius 3 is 1.37 bits per heavy atom. The summed E-state index contributed by atoms with van der Waals surface area (Å²) in [5.41, 5.74) is 16.3. The molecule has 182 valence electrons. The molecule has 0 rings (SSSR count). The predicted molar refractivity (Wildman–Crippen MR) is 119 cm³/mol. The van der Waals surface area contributed by atoms with Crippen molar-refractivity contribution in [3.63, 3.8) is 0 Å². The maximum Gasteiger partial charge on any atom is 0.488 e. The van der Waals surface area contributed by atoms with Gasteiger partial charge in [0, 0.05) is 24.7 Å². The second kappa shape index (κ2) is 12.7. The first-order valence-corrected chi connectivity index (χ1v) is 20.8. The number of nitrogens with two attached hydrogens (primary N) is 3. The van der Waals surface area contributed by atoms with Gasteiger partial charge >= 0.3 is 43.8 Å². The van der Waals surface area contributed by atoms with Gasteiger partial charge in [0.2, 0.25) is 0 Å². The van der Waals surface area contributed by atoms with E-state index in [4.69, 9.17) is 33.7 Å². The van der Waals surface area contributed by atoms with Crippen molar-refractivity contribution in [2.24, 2.45) is 17.2 Å². The van der Waals surface area contributed by atoms with Gasteiger partial charge in [-0.2, -0.15) is 0 Å². The number of hydrogen-bond donors (Lipinski definition) is 9. The second-order valence-electron chi connectivity index (χ2n) is 7.60. The van der Waals surface area contributed by atoms with Gasteiger partial charge in [-0.3, -0.25) is 0 Å². The van der Waals surface area contributed by atoms with Crippen LogP contribution in [-0.2, 0) is 16.5 Å². The Morgan fingerprint density at radius 2 is 0.967 bits per heavy atom. The van der Waals surface area contributed by atoms with Crippen molar-refractivity contribution in [2.75, 3.05) is 19.6 Å². The molecule has 0 aromatic heterocycles. The standard InChI is InChI=1S/C12H39N3O10Si5/c1-26(2,16)22-29(20,11-5-8-14)25-30(21,12-6-9-15)24-27(3,17)23-28(18,19)10-4-7-13/h16-21H,4-15H2,1-3H3. The minimum Gasteiger partial charge on any atom is -0.411 e. The van der Waals surface area contributed by atoms with Crippen LogP contribution in [0.5, 0.6) is 0 Å². The maximum atomic E-state index is 11.0. The summed E-state index contributed by atoms with van der Waals surface area (Å²) >= 11 is 0. The summed E-state index contributed by atoms with van der Waals surface area (Å²) in [5.74, 6) is 0. The first-order chi connectivity index (χ1) is 13.5. The van der Waals surface area contributed by atoms with Gasteiger partial charge in [-0.15, -0.1) is 0 Å². The van der Waals surface area contributed by atoms with Gasteiger partial charge in [0.25, 0.3) is 0 Å². The monoisotopic (exact) mass is 525 g/mol. The Balaban J connectivity index is 5.61. The highest BCUT2D eigenvalue weighted by Crippen LogP contribution is 2.27. The topological polar surface area (TPSA) is 236 Å². The minimum atomic E-state index is -4.38. The predicted octanol–water partition coefficient (Wildman–Crippen LogP) is -2.86.